The highest BCUT2D eigenvalue weighted by molar-refractivity contribution is 5.68. The summed E-state index contributed by atoms with van der Waals surface area (Å²) in [5.74, 6) is -0.238. The lowest BCUT2D eigenvalue weighted by atomic mass is 9.74. The maximum atomic E-state index is 13.3. The van der Waals surface area contributed by atoms with Gasteiger partial charge in [0.1, 0.15) is 5.82 Å². The Labute approximate surface area is 101 Å². The standard InChI is InChI=1S/C15H16FN/c1-5-11-13(6-2)17-14-9-10(16)7-8-12(14)15(11,3)4/h5-9,17H,1-2H2,3-4H3. The molecule has 0 saturated heterocycles. The molecule has 0 unspecified atom stereocenters. The van der Waals surface area contributed by atoms with Gasteiger partial charge in [-0.15, -0.1) is 0 Å². The van der Waals surface area contributed by atoms with Gasteiger partial charge in [-0.05, 0) is 29.3 Å². The van der Waals surface area contributed by atoms with Crippen molar-refractivity contribution in [1.82, 2.24) is 0 Å². The Bertz CT molecular complexity index is 524. The van der Waals surface area contributed by atoms with Crippen molar-refractivity contribution in [3.05, 3.63) is 66.2 Å². The zero-order valence-electron chi connectivity index (χ0n) is 10.2. The number of anilines is 1. The number of allylic oxidation sites excluding steroid dienone is 3. The van der Waals surface area contributed by atoms with Crippen LogP contribution in [0.3, 0.4) is 0 Å². The summed E-state index contributed by atoms with van der Waals surface area (Å²) >= 11 is 0. The second-order valence-corrected chi connectivity index (χ2v) is 4.68. The molecule has 0 aromatic heterocycles. The third-order valence-electron chi connectivity index (χ3n) is 3.30. The molecular weight excluding hydrogens is 213 g/mol. The fourth-order valence-corrected chi connectivity index (χ4v) is 2.39. The van der Waals surface area contributed by atoms with Crippen LogP contribution in [0, 0.1) is 5.82 Å². The first-order valence-corrected chi connectivity index (χ1v) is 5.57. The van der Waals surface area contributed by atoms with Crippen LogP contribution in [0.1, 0.15) is 19.4 Å². The molecule has 0 saturated carbocycles. The first kappa shape index (κ1) is 11.6. The molecule has 1 aromatic carbocycles. The topological polar surface area (TPSA) is 12.0 Å². The van der Waals surface area contributed by atoms with Gasteiger partial charge in [0.25, 0.3) is 0 Å². The van der Waals surface area contributed by atoms with Crippen LogP contribution in [0.25, 0.3) is 0 Å². The fraction of sp³-hybridized carbons (Fsp3) is 0.200. The summed E-state index contributed by atoms with van der Waals surface area (Å²) in [5, 5.41) is 3.19. The molecular formula is C15H16FN. The SMILES string of the molecule is C=CC1=C(C=C)C(C)(C)c2ccc(F)cc2N1. The molecule has 0 amide bonds. The number of halogens is 1. The third kappa shape index (κ3) is 1.70. The largest absolute Gasteiger partial charge is 0.355 e. The van der Waals surface area contributed by atoms with Gasteiger partial charge in [-0.3, -0.25) is 0 Å². The van der Waals surface area contributed by atoms with Crippen molar-refractivity contribution in [2.45, 2.75) is 19.3 Å². The summed E-state index contributed by atoms with van der Waals surface area (Å²) in [5.41, 5.74) is 3.64. The van der Waals surface area contributed by atoms with Crippen LogP contribution in [-0.4, -0.2) is 0 Å². The van der Waals surface area contributed by atoms with E-state index in [1.165, 1.54) is 12.1 Å². The Hall–Kier alpha value is -1.83. The summed E-state index contributed by atoms with van der Waals surface area (Å²) in [6.45, 7) is 11.8. The molecule has 1 aliphatic heterocycles. The van der Waals surface area contributed by atoms with E-state index in [1.807, 2.05) is 12.1 Å². The third-order valence-corrected chi connectivity index (χ3v) is 3.30. The van der Waals surface area contributed by atoms with Crippen LogP contribution in [0.2, 0.25) is 0 Å². The maximum absolute atomic E-state index is 13.3. The Kier molecular flexibility index (Phi) is 2.66. The van der Waals surface area contributed by atoms with Crippen molar-refractivity contribution >= 4 is 5.69 Å². The summed E-state index contributed by atoms with van der Waals surface area (Å²) in [4.78, 5) is 0. The first-order chi connectivity index (χ1) is 8.00. The van der Waals surface area contributed by atoms with E-state index in [9.17, 15) is 4.39 Å². The molecule has 2 rings (SSSR count). The molecule has 0 atom stereocenters. The highest BCUT2D eigenvalue weighted by atomic mass is 19.1. The summed E-state index contributed by atoms with van der Waals surface area (Å²) < 4.78 is 13.3. The van der Waals surface area contributed by atoms with Crippen molar-refractivity contribution < 1.29 is 4.39 Å². The van der Waals surface area contributed by atoms with Gasteiger partial charge in [0.2, 0.25) is 0 Å². The maximum Gasteiger partial charge on any atom is 0.125 e. The van der Waals surface area contributed by atoms with E-state index in [4.69, 9.17) is 0 Å². The van der Waals surface area contributed by atoms with Crippen molar-refractivity contribution in [3.8, 4) is 0 Å². The van der Waals surface area contributed by atoms with Gasteiger partial charge in [-0.1, -0.05) is 39.1 Å². The van der Waals surface area contributed by atoms with E-state index in [-0.39, 0.29) is 11.2 Å². The molecule has 0 spiro atoms. The van der Waals surface area contributed by atoms with Gasteiger partial charge in [-0.2, -0.15) is 0 Å². The zero-order valence-corrected chi connectivity index (χ0v) is 10.2. The van der Waals surface area contributed by atoms with Gasteiger partial charge in [-0.25, -0.2) is 4.39 Å². The number of fused-ring (bicyclic) bond motifs is 1. The lowest BCUT2D eigenvalue weighted by Crippen LogP contribution is -2.28. The number of hydrogen-bond acceptors (Lipinski definition) is 1. The van der Waals surface area contributed by atoms with Gasteiger partial charge >= 0.3 is 0 Å². The minimum absolute atomic E-state index is 0.195. The molecule has 17 heavy (non-hydrogen) atoms. The normalized spacial score (nSPS) is 17.1. The monoisotopic (exact) mass is 229 g/mol. The Morgan fingerprint density at radius 2 is 1.94 bits per heavy atom. The summed E-state index contributed by atoms with van der Waals surface area (Å²) in [7, 11) is 0. The average molecular weight is 229 g/mol. The molecule has 2 heteroatoms. The second kappa shape index (κ2) is 3.88. The molecule has 1 heterocycles. The van der Waals surface area contributed by atoms with E-state index in [0.29, 0.717) is 0 Å². The Morgan fingerprint density at radius 1 is 1.24 bits per heavy atom. The van der Waals surface area contributed by atoms with Crippen LogP contribution < -0.4 is 5.32 Å². The van der Waals surface area contributed by atoms with Crippen LogP contribution in [0.5, 0.6) is 0 Å². The highest BCUT2D eigenvalue weighted by Crippen LogP contribution is 2.42. The number of benzene rings is 1. The van der Waals surface area contributed by atoms with E-state index in [2.05, 4.69) is 32.3 Å². The Morgan fingerprint density at radius 3 is 2.53 bits per heavy atom. The molecule has 1 aromatic rings. The van der Waals surface area contributed by atoms with Gasteiger partial charge in [0.15, 0.2) is 0 Å². The lowest BCUT2D eigenvalue weighted by molar-refractivity contribution is 0.608. The van der Waals surface area contributed by atoms with Crippen molar-refractivity contribution in [2.24, 2.45) is 0 Å². The molecule has 0 bridgehead atoms. The molecule has 0 radical (unpaired) electrons. The van der Waals surface area contributed by atoms with Crippen LogP contribution in [0.15, 0.2) is 54.8 Å². The van der Waals surface area contributed by atoms with Crippen molar-refractivity contribution in [1.29, 1.82) is 0 Å². The summed E-state index contributed by atoms with van der Waals surface area (Å²) in [6.07, 6.45) is 3.57. The highest BCUT2D eigenvalue weighted by Gasteiger charge is 2.32. The van der Waals surface area contributed by atoms with Gasteiger partial charge in [0, 0.05) is 16.8 Å². The average Bonchev–Trinajstić information content (AvgIpc) is 2.27. The quantitative estimate of drug-likeness (QED) is 0.803. The van der Waals surface area contributed by atoms with E-state index in [1.54, 1.807) is 6.08 Å². The fourth-order valence-electron chi connectivity index (χ4n) is 2.39. The smallest absolute Gasteiger partial charge is 0.125 e. The van der Waals surface area contributed by atoms with Crippen molar-refractivity contribution in [3.63, 3.8) is 0 Å². The molecule has 1 nitrogen and oxygen atoms in total. The van der Waals surface area contributed by atoms with Crippen molar-refractivity contribution in [2.75, 3.05) is 5.32 Å². The molecule has 1 N–H and O–H groups in total. The summed E-state index contributed by atoms with van der Waals surface area (Å²) in [6, 6.07) is 4.82. The van der Waals surface area contributed by atoms with Crippen LogP contribution in [-0.2, 0) is 5.41 Å². The molecule has 0 fully saturated rings. The van der Waals surface area contributed by atoms with Crippen LogP contribution in [0.4, 0.5) is 10.1 Å². The van der Waals surface area contributed by atoms with E-state index in [0.717, 1.165) is 22.5 Å². The zero-order chi connectivity index (χ0) is 12.6. The lowest BCUT2D eigenvalue weighted by Gasteiger charge is -2.35. The van der Waals surface area contributed by atoms with E-state index < -0.39 is 0 Å². The second-order valence-electron chi connectivity index (χ2n) is 4.68. The first-order valence-electron chi connectivity index (χ1n) is 5.57. The molecule has 0 aliphatic carbocycles. The number of hydrogen-bond donors (Lipinski definition) is 1. The van der Waals surface area contributed by atoms with Crippen LogP contribution >= 0.6 is 0 Å². The molecule has 1 aliphatic rings. The number of nitrogens with one attached hydrogen (secondary N) is 1. The predicted octanol–water partition coefficient (Wildman–Crippen LogP) is 4.15. The molecule has 88 valence electrons. The predicted molar refractivity (Wildman–Crippen MR) is 70.5 cm³/mol. The van der Waals surface area contributed by atoms with E-state index >= 15 is 0 Å². The Balaban J connectivity index is 2.69. The minimum Gasteiger partial charge on any atom is -0.355 e. The van der Waals surface area contributed by atoms with Gasteiger partial charge < -0.3 is 5.32 Å². The van der Waals surface area contributed by atoms with Gasteiger partial charge in [0.05, 0.1) is 0 Å². The number of rotatable bonds is 2. The minimum atomic E-state index is -0.238.